The number of rotatable bonds is 3. The summed E-state index contributed by atoms with van der Waals surface area (Å²) < 4.78 is 18.3. The van der Waals surface area contributed by atoms with Gasteiger partial charge < -0.3 is 9.84 Å². The summed E-state index contributed by atoms with van der Waals surface area (Å²) >= 11 is 1.45. The molecular weight excluding hydrogens is 245 g/mol. The number of aliphatic carboxylic acids is 1. The van der Waals surface area contributed by atoms with Gasteiger partial charge in [-0.25, -0.2) is 4.39 Å². The monoisotopic (exact) mass is 257 g/mol. The van der Waals surface area contributed by atoms with Gasteiger partial charge >= 0.3 is 5.97 Å². The Morgan fingerprint density at radius 3 is 2.94 bits per heavy atom. The van der Waals surface area contributed by atoms with Gasteiger partial charge in [-0.1, -0.05) is 6.07 Å². The number of nitrogens with one attached hydrogen (secondary N) is 1. The van der Waals surface area contributed by atoms with E-state index in [-0.39, 0.29) is 11.1 Å². The average molecular weight is 257 g/mol. The number of halogens is 1. The topological polar surface area (TPSA) is 58.6 Å². The molecule has 1 unspecified atom stereocenters. The minimum atomic E-state index is -0.881. The highest BCUT2D eigenvalue weighted by Gasteiger charge is 2.30. The van der Waals surface area contributed by atoms with E-state index >= 15 is 0 Å². The van der Waals surface area contributed by atoms with E-state index in [1.54, 1.807) is 12.1 Å². The van der Waals surface area contributed by atoms with Gasteiger partial charge in [0.25, 0.3) is 0 Å². The summed E-state index contributed by atoms with van der Waals surface area (Å²) in [4.78, 5) is 10.8. The third-order valence-corrected chi connectivity index (χ3v) is 3.83. The fourth-order valence-electron chi connectivity index (χ4n) is 1.65. The van der Waals surface area contributed by atoms with Crippen LogP contribution in [0.3, 0.4) is 0 Å². The molecule has 0 spiro atoms. The van der Waals surface area contributed by atoms with E-state index in [1.807, 2.05) is 0 Å². The van der Waals surface area contributed by atoms with Crippen LogP contribution < -0.4 is 10.1 Å². The molecule has 2 rings (SSSR count). The second-order valence-electron chi connectivity index (χ2n) is 3.66. The van der Waals surface area contributed by atoms with Crippen molar-refractivity contribution in [1.82, 2.24) is 5.32 Å². The summed E-state index contributed by atoms with van der Waals surface area (Å²) in [6.07, 6.45) is 0. The third-order valence-electron chi connectivity index (χ3n) is 2.56. The number of hydrogen-bond donors (Lipinski definition) is 2. The Morgan fingerprint density at radius 2 is 2.41 bits per heavy atom. The predicted molar refractivity (Wildman–Crippen MR) is 62.7 cm³/mol. The molecule has 2 N–H and O–H groups in total. The SMILES string of the molecule is COc1ccc(C2N[C@H](C(=O)O)CS2)cc1F. The quantitative estimate of drug-likeness (QED) is 0.861. The predicted octanol–water partition coefficient (Wildman–Crippen LogP) is 1.62. The highest BCUT2D eigenvalue weighted by atomic mass is 32.2. The summed E-state index contributed by atoms with van der Waals surface area (Å²) in [5, 5.41) is 11.6. The van der Waals surface area contributed by atoms with E-state index in [9.17, 15) is 9.18 Å². The van der Waals surface area contributed by atoms with Crippen molar-refractivity contribution in [2.45, 2.75) is 11.4 Å². The van der Waals surface area contributed by atoms with Crippen molar-refractivity contribution >= 4 is 17.7 Å². The number of carboxylic acid groups (broad SMARTS) is 1. The Hall–Kier alpha value is -1.27. The molecule has 1 saturated heterocycles. The summed E-state index contributed by atoms with van der Waals surface area (Å²) in [5.41, 5.74) is 0.719. The highest BCUT2D eigenvalue weighted by molar-refractivity contribution is 7.99. The van der Waals surface area contributed by atoms with Gasteiger partial charge in [-0.05, 0) is 17.7 Å². The summed E-state index contributed by atoms with van der Waals surface area (Å²) in [6, 6.07) is 4.07. The zero-order valence-corrected chi connectivity index (χ0v) is 9.96. The first-order chi connectivity index (χ1) is 8.11. The lowest BCUT2D eigenvalue weighted by Gasteiger charge is -2.12. The summed E-state index contributed by atoms with van der Waals surface area (Å²) in [6.45, 7) is 0. The van der Waals surface area contributed by atoms with Crippen LogP contribution in [-0.4, -0.2) is 30.0 Å². The molecule has 0 saturated carbocycles. The Bertz CT molecular complexity index is 441. The van der Waals surface area contributed by atoms with Crippen molar-refractivity contribution in [3.63, 3.8) is 0 Å². The van der Waals surface area contributed by atoms with Crippen molar-refractivity contribution in [2.24, 2.45) is 0 Å². The number of carbonyl (C=O) groups is 1. The molecule has 1 aliphatic rings. The number of hydrogen-bond acceptors (Lipinski definition) is 4. The number of thioether (sulfide) groups is 1. The van der Waals surface area contributed by atoms with Gasteiger partial charge in [-0.15, -0.1) is 11.8 Å². The summed E-state index contributed by atoms with van der Waals surface area (Å²) in [5.74, 6) is -0.653. The van der Waals surface area contributed by atoms with Gasteiger partial charge in [0.05, 0.1) is 12.5 Å². The van der Waals surface area contributed by atoms with Gasteiger partial charge in [0.2, 0.25) is 0 Å². The van der Waals surface area contributed by atoms with E-state index < -0.39 is 17.8 Å². The van der Waals surface area contributed by atoms with Crippen LogP contribution in [0.4, 0.5) is 4.39 Å². The molecule has 92 valence electrons. The van der Waals surface area contributed by atoms with Crippen molar-refractivity contribution in [1.29, 1.82) is 0 Å². The molecule has 1 fully saturated rings. The number of ether oxygens (including phenoxy) is 1. The first-order valence-electron chi connectivity index (χ1n) is 5.05. The van der Waals surface area contributed by atoms with Gasteiger partial charge in [0, 0.05) is 5.75 Å². The molecule has 0 aliphatic carbocycles. The maximum absolute atomic E-state index is 13.5. The standard InChI is InChI=1S/C11H12FNO3S/c1-16-9-3-2-6(4-7(9)12)10-13-8(5-17-10)11(14)15/h2-4,8,10,13H,5H2,1H3,(H,14,15)/t8-,10?/m0/s1. The largest absolute Gasteiger partial charge is 0.494 e. The van der Waals surface area contributed by atoms with Crippen LogP contribution in [0.5, 0.6) is 5.75 Å². The maximum atomic E-state index is 13.5. The molecule has 0 aromatic heterocycles. The molecule has 2 atom stereocenters. The molecule has 17 heavy (non-hydrogen) atoms. The first kappa shape index (κ1) is 12.2. The van der Waals surface area contributed by atoms with Crippen LogP contribution >= 0.6 is 11.8 Å². The molecule has 0 amide bonds. The normalized spacial score (nSPS) is 23.6. The van der Waals surface area contributed by atoms with Gasteiger partial charge in [0.1, 0.15) is 6.04 Å². The van der Waals surface area contributed by atoms with E-state index in [2.05, 4.69) is 5.32 Å². The molecule has 6 heteroatoms. The molecule has 4 nitrogen and oxygen atoms in total. The Labute approximate surface area is 102 Å². The highest BCUT2D eigenvalue weighted by Crippen LogP contribution is 2.34. The second kappa shape index (κ2) is 4.93. The van der Waals surface area contributed by atoms with Crippen molar-refractivity contribution in [3.8, 4) is 5.75 Å². The number of carboxylic acids is 1. The van der Waals surface area contributed by atoms with Gasteiger partial charge in [-0.3, -0.25) is 10.1 Å². The molecule has 0 radical (unpaired) electrons. The molecule has 1 heterocycles. The number of benzene rings is 1. The van der Waals surface area contributed by atoms with Crippen molar-refractivity contribution < 1.29 is 19.0 Å². The lowest BCUT2D eigenvalue weighted by Crippen LogP contribution is -2.33. The van der Waals surface area contributed by atoms with Gasteiger partial charge in [-0.2, -0.15) is 0 Å². The zero-order valence-electron chi connectivity index (χ0n) is 9.14. The van der Waals surface area contributed by atoms with Crippen LogP contribution in [0.1, 0.15) is 10.9 Å². The molecule has 1 aromatic rings. The Balaban J connectivity index is 2.14. The molecule has 1 aromatic carbocycles. The Morgan fingerprint density at radius 1 is 1.65 bits per heavy atom. The molecular formula is C11H12FNO3S. The van der Waals surface area contributed by atoms with E-state index in [1.165, 1.54) is 24.9 Å². The minimum absolute atomic E-state index is 0.184. The van der Waals surface area contributed by atoms with E-state index in [0.717, 1.165) is 5.56 Å². The smallest absolute Gasteiger partial charge is 0.321 e. The van der Waals surface area contributed by atoms with Crippen LogP contribution in [0.15, 0.2) is 18.2 Å². The Kier molecular flexibility index (Phi) is 3.54. The maximum Gasteiger partial charge on any atom is 0.321 e. The summed E-state index contributed by atoms with van der Waals surface area (Å²) in [7, 11) is 1.40. The van der Waals surface area contributed by atoms with E-state index in [0.29, 0.717) is 5.75 Å². The fraction of sp³-hybridized carbons (Fsp3) is 0.364. The van der Waals surface area contributed by atoms with Crippen LogP contribution in [0, 0.1) is 5.82 Å². The van der Waals surface area contributed by atoms with Crippen molar-refractivity contribution in [3.05, 3.63) is 29.6 Å². The fourth-order valence-corrected chi connectivity index (χ4v) is 2.88. The lowest BCUT2D eigenvalue weighted by molar-refractivity contribution is -0.138. The van der Waals surface area contributed by atoms with Crippen LogP contribution in [0.2, 0.25) is 0 Å². The average Bonchev–Trinajstić information content (AvgIpc) is 2.78. The van der Waals surface area contributed by atoms with Crippen LogP contribution in [-0.2, 0) is 4.79 Å². The second-order valence-corrected chi connectivity index (χ2v) is 4.80. The van der Waals surface area contributed by atoms with Crippen molar-refractivity contribution in [2.75, 3.05) is 12.9 Å². The zero-order chi connectivity index (χ0) is 12.4. The molecule has 0 bridgehead atoms. The molecule has 1 aliphatic heterocycles. The van der Waals surface area contributed by atoms with Gasteiger partial charge in [0.15, 0.2) is 11.6 Å². The number of methoxy groups -OCH3 is 1. The third kappa shape index (κ3) is 2.53. The lowest BCUT2D eigenvalue weighted by atomic mass is 10.2. The van der Waals surface area contributed by atoms with E-state index in [4.69, 9.17) is 9.84 Å². The minimum Gasteiger partial charge on any atom is -0.494 e. The first-order valence-corrected chi connectivity index (χ1v) is 6.10. The van der Waals surface area contributed by atoms with Crippen LogP contribution in [0.25, 0.3) is 0 Å².